The van der Waals surface area contributed by atoms with Gasteiger partial charge in [-0.25, -0.2) is 0 Å². The van der Waals surface area contributed by atoms with Crippen molar-refractivity contribution in [2.24, 2.45) is 0 Å². The SMILES string of the molecule is COCCN(C(C)C)C(C)c1cc(C)ccc1O. The Morgan fingerprint density at radius 1 is 1.28 bits per heavy atom. The molecule has 0 radical (unpaired) electrons. The number of aryl methyl sites for hydroxylation is 1. The number of hydrogen-bond donors (Lipinski definition) is 1. The summed E-state index contributed by atoms with van der Waals surface area (Å²) in [5.41, 5.74) is 2.16. The predicted molar refractivity (Wildman–Crippen MR) is 75.0 cm³/mol. The zero-order valence-corrected chi connectivity index (χ0v) is 12.1. The molecule has 1 aromatic rings. The van der Waals surface area contributed by atoms with Gasteiger partial charge in [-0.3, -0.25) is 4.90 Å². The van der Waals surface area contributed by atoms with E-state index in [4.69, 9.17) is 4.74 Å². The molecule has 0 bridgehead atoms. The third kappa shape index (κ3) is 3.72. The molecular formula is C15H25NO2. The normalized spacial score (nSPS) is 13.3. The smallest absolute Gasteiger partial charge is 0.120 e. The number of nitrogens with zero attached hydrogens (tertiary/aromatic N) is 1. The second-order valence-electron chi connectivity index (χ2n) is 5.06. The lowest BCUT2D eigenvalue weighted by molar-refractivity contribution is 0.101. The molecule has 0 saturated carbocycles. The van der Waals surface area contributed by atoms with E-state index in [0.29, 0.717) is 18.4 Å². The van der Waals surface area contributed by atoms with Gasteiger partial charge in [0.25, 0.3) is 0 Å². The number of hydrogen-bond acceptors (Lipinski definition) is 3. The molecule has 102 valence electrons. The van der Waals surface area contributed by atoms with E-state index in [9.17, 15) is 5.11 Å². The van der Waals surface area contributed by atoms with Crippen molar-refractivity contribution in [3.8, 4) is 5.75 Å². The third-order valence-corrected chi connectivity index (χ3v) is 3.35. The van der Waals surface area contributed by atoms with Gasteiger partial charge in [0.1, 0.15) is 5.75 Å². The van der Waals surface area contributed by atoms with Crippen LogP contribution in [0.15, 0.2) is 18.2 Å². The molecule has 0 fully saturated rings. The lowest BCUT2D eigenvalue weighted by Crippen LogP contribution is -2.36. The molecule has 0 aliphatic carbocycles. The van der Waals surface area contributed by atoms with Crippen LogP contribution in [0.4, 0.5) is 0 Å². The van der Waals surface area contributed by atoms with Gasteiger partial charge in [-0.15, -0.1) is 0 Å². The van der Waals surface area contributed by atoms with Gasteiger partial charge in [-0.1, -0.05) is 17.7 Å². The van der Waals surface area contributed by atoms with E-state index < -0.39 is 0 Å². The van der Waals surface area contributed by atoms with Gasteiger partial charge in [-0.2, -0.15) is 0 Å². The number of phenols is 1. The first-order valence-corrected chi connectivity index (χ1v) is 6.51. The van der Waals surface area contributed by atoms with Gasteiger partial charge in [-0.05, 0) is 33.8 Å². The summed E-state index contributed by atoms with van der Waals surface area (Å²) in [6.07, 6.45) is 0. The van der Waals surface area contributed by atoms with Crippen LogP contribution in [-0.2, 0) is 4.74 Å². The van der Waals surface area contributed by atoms with Crippen LogP contribution in [0.5, 0.6) is 5.75 Å². The van der Waals surface area contributed by atoms with Crippen molar-refractivity contribution in [2.75, 3.05) is 20.3 Å². The van der Waals surface area contributed by atoms with Gasteiger partial charge in [0, 0.05) is 31.3 Å². The van der Waals surface area contributed by atoms with Gasteiger partial charge in [0.05, 0.1) is 6.61 Å². The fraction of sp³-hybridized carbons (Fsp3) is 0.600. The monoisotopic (exact) mass is 251 g/mol. The molecule has 0 amide bonds. The molecule has 18 heavy (non-hydrogen) atoms. The first-order chi connectivity index (χ1) is 8.47. The maximum Gasteiger partial charge on any atom is 0.120 e. The Hall–Kier alpha value is -1.06. The minimum atomic E-state index is 0.181. The highest BCUT2D eigenvalue weighted by atomic mass is 16.5. The van der Waals surface area contributed by atoms with Crippen molar-refractivity contribution in [3.05, 3.63) is 29.3 Å². The van der Waals surface area contributed by atoms with Crippen molar-refractivity contribution in [1.82, 2.24) is 4.90 Å². The number of benzene rings is 1. The van der Waals surface area contributed by atoms with Crippen LogP contribution in [0.3, 0.4) is 0 Å². The predicted octanol–water partition coefficient (Wildman–Crippen LogP) is 3.12. The first kappa shape index (κ1) is 15.0. The van der Waals surface area contributed by atoms with E-state index in [1.165, 1.54) is 5.56 Å². The molecular weight excluding hydrogens is 226 g/mol. The average Bonchev–Trinajstić information content (AvgIpc) is 2.32. The van der Waals surface area contributed by atoms with Crippen molar-refractivity contribution in [3.63, 3.8) is 0 Å². The van der Waals surface area contributed by atoms with E-state index >= 15 is 0 Å². The van der Waals surface area contributed by atoms with Gasteiger partial charge < -0.3 is 9.84 Å². The van der Waals surface area contributed by atoms with Crippen molar-refractivity contribution in [1.29, 1.82) is 0 Å². The molecule has 1 rings (SSSR count). The molecule has 1 N–H and O–H groups in total. The Kier molecular flexibility index (Phi) is 5.63. The molecule has 0 spiro atoms. The quantitative estimate of drug-likeness (QED) is 0.843. The summed E-state index contributed by atoms with van der Waals surface area (Å²) in [6.45, 7) is 10.1. The number of aromatic hydroxyl groups is 1. The molecule has 3 heteroatoms. The summed E-state index contributed by atoms with van der Waals surface area (Å²) in [4.78, 5) is 2.33. The highest BCUT2D eigenvalue weighted by molar-refractivity contribution is 5.37. The van der Waals surface area contributed by atoms with Crippen molar-refractivity contribution >= 4 is 0 Å². The number of methoxy groups -OCH3 is 1. The number of rotatable bonds is 6. The van der Waals surface area contributed by atoms with E-state index in [1.54, 1.807) is 13.2 Å². The summed E-state index contributed by atoms with van der Waals surface area (Å²) >= 11 is 0. The van der Waals surface area contributed by atoms with Gasteiger partial charge in [0.15, 0.2) is 0 Å². The third-order valence-electron chi connectivity index (χ3n) is 3.35. The highest BCUT2D eigenvalue weighted by Crippen LogP contribution is 2.30. The lowest BCUT2D eigenvalue weighted by atomic mass is 10.0. The maximum atomic E-state index is 10.0. The molecule has 1 aromatic carbocycles. The van der Waals surface area contributed by atoms with Crippen LogP contribution >= 0.6 is 0 Å². The van der Waals surface area contributed by atoms with Gasteiger partial charge in [0.2, 0.25) is 0 Å². The molecule has 0 heterocycles. The van der Waals surface area contributed by atoms with Crippen molar-refractivity contribution < 1.29 is 9.84 Å². The molecule has 0 aliphatic heterocycles. The minimum absolute atomic E-state index is 0.181. The fourth-order valence-electron chi connectivity index (χ4n) is 2.28. The van der Waals surface area contributed by atoms with Crippen LogP contribution in [0, 0.1) is 6.92 Å². The van der Waals surface area contributed by atoms with Gasteiger partial charge >= 0.3 is 0 Å². The second-order valence-corrected chi connectivity index (χ2v) is 5.06. The maximum absolute atomic E-state index is 10.0. The molecule has 0 aromatic heterocycles. The highest BCUT2D eigenvalue weighted by Gasteiger charge is 2.20. The molecule has 1 atom stereocenters. The Bertz CT molecular complexity index is 377. The average molecular weight is 251 g/mol. The molecule has 3 nitrogen and oxygen atoms in total. The molecule has 1 unspecified atom stereocenters. The minimum Gasteiger partial charge on any atom is -0.508 e. The summed E-state index contributed by atoms with van der Waals surface area (Å²) in [5.74, 6) is 0.371. The van der Waals surface area contributed by atoms with E-state index in [0.717, 1.165) is 12.1 Å². The number of phenolic OH excluding ortho intramolecular Hbond substituents is 1. The summed E-state index contributed by atoms with van der Waals surface area (Å²) in [6, 6.07) is 6.36. The van der Waals surface area contributed by atoms with Crippen LogP contribution in [0.25, 0.3) is 0 Å². The van der Waals surface area contributed by atoms with Crippen LogP contribution in [0.2, 0.25) is 0 Å². The summed E-state index contributed by atoms with van der Waals surface area (Å²) < 4.78 is 5.16. The fourth-order valence-corrected chi connectivity index (χ4v) is 2.28. The zero-order valence-electron chi connectivity index (χ0n) is 12.1. The Labute approximate surface area is 110 Å². The van der Waals surface area contributed by atoms with E-state index in [1.807, 2.05) is 13.0 Å². The largest absolute Gasteiger partial charge is 0.508 e. The summed E-state index contributed by atoms with van der Waals surface area (Å²) in [5, 5.41) is 10.0. The number of ether oxygens (including phenoxy) is 1. The lowest BCUT2D eigenvalue weighted by Gasteiger charge is -2.33. The topological polar surface area (TPSA) is 32.7 Å². The van der Waals surface area contributed by atoms with Crippen LogP contribution in [0.1, 0.15) is 37.9 Å². The van der Waals surface area contributed by atoms with Crippen molar-refractivity contribution in [2.45, 2.75) is 39.8 Å². The van der Waals surface area contributed by atoms with Crippen LogP contribution in [-0.4, -0.2) is 36.3 Å². The Morgan fingerprint density at radius 3 is 2.50 bits per heavy atom. The summed E-state index contributed by atoms with van der Waals surface area (Å²) in [7, 11) is 1.72. The Balaban J connectivity index is 2.93. The van der Waals surface area contributed by atoms with E-state index in [2.05, 4.69) is 31.7 Å². The molecule has 0 aliphatic rings. The second kappa shape index (κ2) is 6.76. The molecule has 0 saturated heterocycles. The first-order valence-electron chi connectivity index (χ1n) is 6.51. The zero-order chi connectivity index (χ0) is 13.7. The van der Waals surface area contributed by atoms with Crippen LogP contribution < -0.4 is 0 Å². The Morgan fingerprint density at radius 2 is 1.94 bits per heavy atom. The standard InChI is InChI=1S/C15H25NO2/c1-11(2)16(8-9-18-5)13(4)14-10-12(3)6-7-15(14)17/h6-7,10-11,13,17H,8-9H2,1-5H3. The van der Waals surface area contributed by atoms with E-state index in [-0.39, 0.29) is 6.04 Å².